The van der Waals surface area contributed by atoms with E-state index in [-0.39, 0.29) is 35.5 Å². The van der Waals surface area contributed by atoms with Crippen LogP contribution < -0.4 is 0 Å². The summed E-state index contributed by atoms with van der Waals surface area (Å²) in [6.45, 7) is 0. The van der Waals surface area contributed by atoms with Gasteiger partial charge in [-0.15, -0.1) is 0 Å². The molecule has 8 nitrogen and oxygen atoms in total. The Morgan fingerprint density at radius 3 is 1.43 bits per heavy atom. The molecule has 0 heterocycles. The molecule has 8 heteroatoms. The molecule has 15 saturated carbocycles. The summed E-state index contributed by atoms with van der Waals surface area (Å²) in [5, 5.41) is 85.5. The summed E-state index contributed by atoms with van der Waals surface area (Å²) >= 11 is 0. The fourth-order valence-corrected chi connectivity index (χ4v) is 21.6. The van der Waals surface area contributed by atoms with Crippen LogP contribution in [0, 0.1) is 272 Å². The second-order valence-corrected chi connectivity index (χ2v) is 21.7. The third-order valence-corrected chi connectivity index (χ3v) is 22.4. The molecule has 15 fully saturated rings. The smallest absolute Gasteiger partial charge is 0.179 e. The molecule has 0 N–H and O–H groups in total. The van der Waals surface area contributed by atoms with Crippen molar-refractivity contribution in [1.82, 2.24) is 0 Å². The number of nitriles is 8. The van der Waals surface area contributed by atoms with Crippen molar-refractivity contribution < 1.29 is 0 Å². The van der Waals surface area contributed by atoms with Crippen LogP contribution in [0.15, 0.2) is 23.8 Å². The minimum absolute atomic E-state index is 0.147. The van der Waals surface area contributed by atoms with Crippen LogP contribution in [0.1, 0.15) is 19.3 Å². The summed E-state index contributed by atoms with van der Waals surface area (Å²) in [5.74, 6) is 10.2. The Hall–Kier alpha value is -4.60. The summed E-state index contributed by atoms with van der Waals surface area (Å²) in [4.78, 5) is 0. The van der Waals surface area contributed by atoms with E-state index < -0.39 is 21.7 Å². The van der Waals surface area contributed by atoms with Gasteiger partial charge in [-0.3, -0.25) is 0 Å². The maximum Gasteiger partial charge on any atom is 0.179 e. The average Bonchev–Trinajstić information content (AvgIpc) is 4.04. The molecule has 27 atom stereocenters. The first kappa shape index (κ1) is 28.8. The van der Waals surface area contributed by atoms with Gasteiger partial charge in [-0.2, -0.15) is 42.1 Å². The predicted octanol–water partition coefficient (Wildman–Crippen LogP) is 5.61. The maximum atomic E-state index is 10.8. The monoisotopic (exact) mass is 700 g/mol. The molecule has 0 aromatic rings. The normalized spacial score (nSPS) is 64.7. The van der Waals surface area contributed by atoms with Crippen molar-refractivity contribution in [2.24, 2.45) is 181 Å². The van der Waals surface area contributed by atoms with Gasteiger partial charge in [-0.05, 0) is 167 Å². The first-order chi connectivity index (χ1) is 26.4. The van der Waals surface area contributed by atoms with Gasteiger partial charge >= 0.3 is 0 Å². The van der Waals surface area contributed by atoms with Gasteiger partial charge < -0.3 is 0 Å². The zero-order valence-electron chi connectivity index (χ0n) is 29.5. The number of rotatable bonds is 0. The second kappa shape index (κ2) is 7.89. The second-order valence-electron chi connectivity index (χ2n) is 21.7. The standard InChI is InChI=1S/C46H36N8/c47-7-43(8-48)23-5-21-29-27-19-3-17-15-1-2-16(18(17)4-20(19)28(27)36-33(23)39(36)41(31(21)29)45(43,11-51)12-52)26-25(15)35-30-22-6-24-34-38(37(26)35)40(34)42(32(22)30)46(13-53,14-54)44(24,9-49)10-50/h1-2,4,15-19,21-42H,3,5-6H2. The molecular formula is C46H36N8. The zero-order chi connectivity index (χ0) is 36.1. The summed E-state index contributed by atoms with van der Waals surface area (Å²) in [7, 11) is 0. The van der Waals surface area contributed by atoms with E-state index in [4.69, 9.17) is 0 Å². The van der Waals surface area contributed by atoms with Crippen LogP contribution in [0.5, 0.6) is 0 Å². The Balaban J connectivity index is 0.813. The fourth-order valence-electron chi connectivity index (χ4n) is 21.6. The Kier molecular flexibility index (Phi) is 4.21. The number of nitrogens with zero attached hydrogens (tertiary/aromatic N) is 8. The number of hydrogen-bond acceptors (Lipinski definition) is 8. The van der Waals surface area contributed by atoms with Crippen molar-refractivity contribution in [3.05, 3.63) is 23.8 Å². The third-order valence-electron chi connectivity index (χ3n) is 22.4. The van der Waals surface area contributed by atoms with Gasteiger partial charge in [0.1, 0.15) is 0 Å². The fraction of sp³-hybridized carbons (Fsp3) is 0.739. The lowest BCUT2D eigenvalue weighted by Crippen LogP contribution is -2.65. The van der Waals surface area contributed by atoms with Gasteiger partial charge in [-0.25, -0.2) is 0 Å². The van der Waals surface area contributed by atoms with E-state index in [1.807, 2.05) is 0 Å². The van der Waals surface area contributed by atoms with E-state index >= 15 is 0 Å². The lowest BCUT2D eigenvalue weighted by atomic mass is 9.35. The predicted molar refractivity (Wildman–Crippen MR) is 180 cm³/mol. The molecule has 0 aliphatic heterocycles. The zero-order valence-corrected chi connectivity index (χ0v) is 29.5. The Morgan fingerprint density at radius 1 is 0.389 bits per heavy atom. The minimum Gasteiger partial charge on any atom is -0.196 e. The Morgan fingerprint density at radius 2 is 0.852 bits per heavy atom. The van der Waals surface area contributed by atoms with Crippen LogP contribution in [0.25, 0.3) is 0 Å². The SMILES string of the molecule is N#CC1(C#N)C2CC3C4C5C6CC7C(C=C6C5C5C2C5C(C34)C1(C#N)C#N)C1C=CC7C2C1C1C2C2C3CC4C5C1C5C(C32)C(C#N)(C#N)C4(C#N)C#N. The van der Waals surface area contributed by atoms with Crippen molar-refractivity contribution in [3.63, 3.8) is 0 Å². The maximum absolute atomic E-state index is 10.8. The molecule has 18 aliphatic carbocycles. The average molecular weight is 701 g/mol. The van der Waals surface area contributed by atoms with Crippen LogP contribution in [-0.4, -0.2) is 0 Å². The largest absolute Gasteiger partial charge is 0.196 e. The highest BCUT2D eigenvalue weighted by molar-refractivity contribution is 5.51. The Labute approximate surface area is 314 Å². The van der Waals surface area contributed by atoms with Gasteiger partial charge in [0.05, 0.1) is 48.6 Å². The van der Waals surface area contributed by atoms with Gasteiger partial charge in [-0.1, -0.05) is 23.8 Å². The third kappa shape index (κ3) is 2.22. The van der Waals surface area contributed by atoms with Crippen molar-refractivity contribution in [2.45, 2.75) is 19.3 Å². The molecular weight excluding hydrogens is 665 g/mol. The van der Waals surface area contributed by atoms with E-state index in [0.717, 1.165) is 12.8 Å². The molecule has 54 heavy (non-hydrogen) atoms. The molecule has 0 amide bonds. The van der Waals surface area contributed by atoms with Crippen molar-refractivity contribution >= 4 is 0 Å². The molecule has 27 unspecified atom stereocenters. The highest BCUT2D eigenvalue weighted by atomic mass is 14.9. The van der Waals surface area contributed by atoms with Crippen molar-refractivity contribution in [2.75, 3.05) is 0 Å². The molecule has 0 saturated heterocycles. The van der Waals surface area contributed by atoms with Crippen LogP contribution in [0.2, 0.25) is 0 Å². The molecule has 0 aromatic carbocycles. The van der Waals surface area contributed by atoms with Crippen LogP contribution in [0.4, 0.5) is 0 Å². The lowest BCUT2D eigenvalue weighted by molar-refractivity contribution is -0.176. The van der Waals surface area contributed by atoms with Crippen molar-refractivity contribution in [1.29, 1.82) is 42.1 Å². The summed E-state index contributed by atoms with van der Waals surface area (Å²) in [6, 6.07) is 19.0. The van der Waals surface area contributed by atoms with Gasteiger partial charge in [0.15, 0.2) is 21.7 Å². The van der Waals surface area contributed by atoms with Gasteiger partial charge in [0.2, 0.25) is 0 Å². The molecule has 18 rings (SSSR count). The number of fused-ring (bicyclic) bond motifs is 11. The van der Waals surface area contributed by atoms with E-state index in [1.54, 1.807) is 5.57 Å². The van der Waals surface area contributed by atoms with Crippen LogP contribution in [-0.2, 0) is 0 Å². The highest BCUT2D eigenvalue weighted by Gasteiger charge is 2.92. The molecule has 18 aliphatic rings. The van der Waals surface area contributed by atoms with Crippen molar-refractivity contribution in [3.8, 4) is 48.6 Å². The molecule has 0 aromatic heterocycles. The number of hydrogen-bond donors (Lipinski definition) is 0. The van der Waals surface area contributed by atoms with Crippen LogP contribution in [0.3, 0.4) is 0 Å². The molecule has 10 bridgehead atoms. The Bertz CT molecular complexity index is 2380. The van der Waals surface area contributed by atoms with Gasteiger partial charge in [0, 0.05) is 11.8 Å². The first-order valence-electron chi connectivity index (χ1n) is 21.1. The van der Waals surface area contributed by atoms with Gasteiger partial charge in [0.25, 0.3) is 0 Å². The minimum atomic E-state index is -1.54. The molecule has 0 spiro atoms. The summed E-state index contributed by atoms with van der Waals surface area (Å²) < 4.78 is 0. The molecule has 260 valence electrons. The topological polar surface area (TPSA) is 190 Å². The lowest BCUT2D eigenvalue weighted by Gasteiger charge is -2.69. The summed E-state index contributed by atoms with van der Waals surface area (Å²) in [5.41, 5.74) is -4.50. The molecule has 0 radical (unpaired) electrons. The van der Waals surface area contributed by atoms with E-state index in [2.05, 4.69) is 66.8 Å². The number of allylic oxidation sites excluding steroid dienone is 4. The summed E-state index contributed by atoms with van der Waals surface area (Å²) in [6.07, 6.45) is 10.9. The van der Waals surface area contributed by atoms with E-state index in [9.17, 15) is 42.1 Å². The van der Waals surface area contributed by atoms with E-state index in [0.29, 0.717) is 124 Å². The first-order valence-corrected chi connectivity index (χ1v) is 21.1. The highest BCUT2D eigenvalue weighted by Crippen LogP contribution is 2.92. The quantitative estimate of drug-likeness (QED) is 0.291. The van der Waals surface area contributed by atoms with Crippen LogP contribution >= 0.6 is 0 Å². The van der Waals surface area contributed by atoms with E-state index in [1.165, 1.54) is 6.42 Å².